The molecule has 0 aliphatic carbocycles. The van der Waals surface area contributed by atoms with Crippen LogP contribution in [0.25, 0.3) is 23.1 Å². The van der Waals surface area contributed by atoms with Crippen molar-refractivity contribution < 1.29 is 19.4 Å². The number of aromatic carboxylic acids is 1. The molecule has 0 spiro atoms. The van der Waals surface area contributed by atoms with Crippen LogP contribution in [-0.2, 0) is 21.7 Å². The lowest BCUT2D eigenvalue weighted by molar-refractivity contribution is -0.170. The first-order valence-electron chi connectivity index (χ1n) is 11.9. The Labute approximate surface area is 215 Å². The van der Waals surface area contributed by atoms with Gasteiger partial charge in [0.15, 0.2) is 5.79 Å². The summed E-state index contributed by atoms with van der Waals surface area (Å²) in [5.41, 5.74) is 5.46. The normalized spacial score (nSPS) is 15.1. The van der Waals surface area contributed by atoms with Crippen LogP contribution in [0.1, 0.15) is 44.7 Å². The molecule has 0 amide bonds. The highest BCUT2D eigenvalue weighted by atomic mass is 35.5. The fraction of sp³-hybridized carbons (Fsp3) is 0.200. The minimum Gasteiger partial charge on any atom is -0.478 e. The molecule has 4 aromatic rings. The van der Waals surface area contributed by atoms with Gasteiger partial charge in [-0.3, -0.25) is 0 Å². The Morgan fingerprint density at radius 2 is 1.81 bits per heavy atom. The van der Waals surface area contributed by atoms with Gasteiger partial charge in [-0.1, -0.05) is 66.2 Å². The number of carbonyl (C=O) groups is 1. The van der Waals surface area contributed by atoms with Gasteiger partial charge in [-0.15, -0.1) is 0 Å². The maximum atomic E-state index is 11.8. The first kappa shape index (κ1) is 24.2. The molecule has 1 N–H and O–H groups in total. The maximum absolute atomic E-state index is 11.8. The second-order valence-electron chi connectivity index (χ2n) is 8.90. The number of nitrogens with zero attached hydrogens (tertiary/aromatic N) is 1. The molecule has 5 rings (SSSR count). The lowest BCUT2D eigenvalue weighted by Crippen LogP contribution is -2.28. The van der Waals surface area contributed by atoms with Crippen LogP contribution >= 0.6 is 11.6 Å². The number of carboxylic acids is 1. The molecule has 1 fully saturated rings. The van der Waals surface area contributed by atoms with Crippen molar-refractivity contribution in [2.45, 2.75) is 25.6 Å². The molecule has 5 nitrogen and oxygen atoms in total. The predicted octanol–water partition coefficient (Wildman–Crippen LogP) is 6.90. The molecular weight excluding hydrogens is 474 g/mol. The van der Waals surface area contributed by atoms with Crippen molar-refractivity contribution in [3.05, 3.63) is 111 Å². The first-order chi connectivity index (χ1) is 17.4. The molecule has 0 unspecified atom stereocenters. The highest BCUT2D eigenvalue weighted by Crippen LogP contribution is 2.37. The van der Waals surface area contributed by atoms with E-state index in [4.69, 9.17) is 21.1 Å². The largest absolute Gasteiger partial charge is 0.478 e. The molecule has 1 aromatic heterocycles. The molecule has 0 atom stereocenters. The van der Waals surface area contributed by atoms with Gasteiger partial charge in [-0.05, 0) is 60.4 Å². The highest BCUT2D eigenvalue weighted by Gasteiger charge is 2.38. The van der Waals surface area contributed by atoms with Gasteiger partial charge in [0, 0.05) is 22.4 Å². The molecule has 3 aromatic carbocycles. The third-order valence-electron chi connectivity index (χ3n) is 6.50. The van der Waals surface area contributed by atoms with Gasteiger partial charge < -0.3 is 14.6 Å². The average molecular weight is 500 g/mol. The van der Waals surface area contributed by atoms with Gasteiger partial charge in [-0.25, -0.2) is 9.78 Å². The topological polar surface area (TPSA) is 68.7 Å². The Bertz CT molecular complexity index is 1460. The molecular formula is C30H26ClNO4. The van der Waals surface area contributed by atoms with Crippen molar-refractivity contribution in [2.24, 2.45) is 0 Å². The molecule has 1 aliphatic heterocycles. The maximum Gasteiger partial charge on any atom is 0.336 e. The van der Waals surface area contributed by atoms with Gasteiger partial charge in [-0.2, -0.15) is 0 Å². The number of aryl methyl sites for hydroxylation is 2. The van der Waals surface area contributed by atoms with E-state index in [-0.39, 0.29) is 0 Å². The minimum atomic E-state index is -0.915. The summed E-state index contributed by atoms with van der Waals surface area (Å²) in [6.07, 6.45) is 5.01. The van der Waals surface area contributed by atoms with Crippen LogP contribution in [0.5, 0.6) is 0 Å². The quantitative estimate of drug-likeness (QED) is 0.299. The second kappa shape index (κ2) is 10.2. The molecule has 2 heterocycles. The molecule has 6 heteroatoms. The summed E-state index contributed by atoms with van der Waals surface area (Å²) in [5, 5.41) is 11.4. The van der Waals surface area contributed by atoms with E-state index in [9.17, 15) is 9.90 Å². The molecule has 182 valence electrons. The number of ether oxygens (including phenoxy) is 2. The number of carboxylic acid groups (broad SMARTS) is 1. The van der Waals surface area contributed by atoms with Gasteiger partial charge >= 0.3 is 5.97 Å². The lowest BCUT2D eigenvalue weighted by atomic mass is 9.93. The third kappa shape index (κ3) is 5.05. The second-order valence-corrected chi connectivity index (χ2v) is 9.33. The van der Waals surface area contributed by atoms with E-state index in [1.165, 1.54) is 0 Å². The van der Waals surface area contributed by atoms with E-state index in [0.29, 0.717) is 36.6 Å². The Hall–Kier alpha value is -3.51. The first-order valence-corrected chi connectivity index (χ1v) is 12.3. The summed E-state index contributed by atoms with van der Waals surface area (Å²) in [5.74, 6) is -1.83. The Kier molecular flexibility index (Phi) is 6.88. The van der Waals surface area contributed by atoms with Gasteiger partial charge in [0.25, 0.3) is 0 Å². The summed E-state index contributed by atoms with van der Waals surface area (Å²) in [6.45, 7) is 2.80. The number of pyridine rings is 1. The van der Waals surface area contributed by atoms with Crippen LogP contribution in [0, 0.1) is 6.92 Å². The van der Waals surface area contributed by atoms with Crippen LogP contribution in [0.2, 0.25) is 5.02 Å². The van der Waals surface area contributed by atoms with E-state index < -0.39 is 11.8 Å². The van der Waals surface area contributed by atoms with Crippen molar-refractivity contribution in [1.82, 2.24) is 4.98 Å². The standard InChI is InChI=1S/C30H26ClNO4/c1-20-4-2-6-23(28(20)29(33)34)14-15-30(35-16-17-36-30)24-7-3-5-21(18-24)8-12-26-13-10-22-9-11-25(31)19-27(22)32-26/h2-13,18-19H,14-17H2,1H3,(H,33,34)/b12-8+. The number of hydrogen-bond donors (Lipinski definition) is 1. The summed E-state index contributed by atoms with van der Waals surface area (Å²) < 4.78 is 12.3. The summed E-state index contributed by atoms with van der Waals surface area (Å²) in [6, 6.07) is 23.3. The molecule has 36 heavy (non-hydrogen) atoms. The zero-order valence-corrected chi connectivity index (χ0v) is 20.7. The van der Waals surface area contributed by atoms with Gasteiger partial charge in [0.2, 0.25) is 0 Å². The molecule has 0 bridgehead atoms. The van der Waals surface area contributed by atoms with Crippen LogP contribution < -0.4 is 0 Å². The van der Waals surface area contributed by atoms with Crippen molar-refractivity contribution in [2.75, 3.05) is 13.2 Å². The van der Waals surface area contributed by atoms with E-state index in [0.717, 1.165) is 38.9 Å². The number of hydrogen-bond acceptors (Lipinski definition) is 4. The monoisotopic (exact) mass is 499 g/mol. The number of benzene rings is 3. The predicted molar refractivity (Wildman–Crippen MR) is 142 cm³/mol. The Morgan fingerprint density at radius 1 is 1.03 bits per heavy atom. The van der Waals surface area contributed by atoms with Crippen molar-refractivity contribution in [1.29, 1.82) is 0 Å². The van der Waals surface area contributed by atoms with E-state index in [2.05, 4.69) is 4.98 Å². The van der Waals surface area contributed by atoms with Crippen molar-refractivity contribution in [3.63, 3.8) is 0 Å². The van der Waals surface area contributed by atoms with Crippen LogP contribution in [0.4, 0.5) is 0 Å². The fourth-order valence-corrected chi connectivity index (χ4v) is 4.88. The molecule has 0 radical (unpaired) electrons. The number of rotatable bonds is 7. The van der Waals surface area contributed by atoms with E-state index in [1.807, 2.05) is 91.9 Å². The third-order valence-corrected chi connectivity index (χ3v) is 6.73. The number of halogens is 1. The zero-order chi connectivity index (χ0) is 25.1. The zero-order valence-electron chi connectivity index (χ0n) is 19.9. The Morgan fingerprint density at radius 3 is 2.61 bits per heavy atom. The molecule has 1 aliphatic rings. The van der Waals surface area contributed by atoms with Gasteiger partial charge in [0.1, 0.15) is 0 Å². The Balaban J connectivity index is 1.39. The minimum absolute atomic E-state index is 0.353. The van der Waals surface area contributed by atoms with Crippen molar-refractivity contribution in [3.8, 4) is 0 Å². The average Bonchev–Trinajstić information content (AvgIpc) is 3.36. The summed E-state index contributed by atoms with van der Waals surface area (Å²) >= 11 is 6.12. The number of fused-ring (bicyclic) bond motifs is 1. The summed E-state index contributed by atoms with van der Waals surface area (Å²) in [7, 11) is 0. The van der Waals surface area contributed by atoms with E-state index >= 15 is 0 Å². The van der Waals surface area contributed by atoms with Crippen LogP contribution in [-0.4, -0.2) is 29.3 Å². The smallest absolute Gasteiger partial charge is 0.336 e. The van der Waals surface area contributed by atoms with Gasteiger partial charge in [0.05, 0.1) is 30.0 Å². The van der Waals surface area contributed by atoms with Crippen LogP contribution in [0.15, 0.2) is 72.8 Å². The van der Waals surface area contributed by atoms with E-state index in [1.54, 1.807) is 0 Å². The number of aromatic nitrogens is 1. The lowest BCUT2D eigenvalue weighted by Gasteiger charge is -2.28. The molecule has 1 saturated heterocycles. The fourth-order valence-electron chi connectivity index (χ4n) is 4.71. The SMILES string of the molecule is Cc1cccc(CCC2(c3cccc(/C=C/c4ccc5ccc(Cl)cc5n4)c3)OCCO2)c1C(=O)O. The molecule has 0 saturated carbocycles. The van der Waals surface area contributed by atoms with Crippen LogP contribution in [0.3, 0.4) is 0 Å². The van der Waals surface area contributed by atoms with Crippen molar-refractivity contribution >= 4 is 40.6 Å². The summed E-state index contributed by atoms with van der Waals surface area (Å²) in [4.78, 5) is 16.5. The highest BCUT2D eigenvalue weighted by molar-refractivity contribution is 6.31.